The summed E-state index contributed by atoms with van der Waals surface area (Å²) in [4.78, 5) is 17.1. The Hall–Kier alpha value is -1.65. The average Bonchev–Trinajstić information content (AvgIpc) is 3.28. The van der Waals surface area contributed by atoms with Gasteiger partial charge in [0, 0.05) is 10.9 Å². The molecule has 1 aliphatic carbocycles. The van der Waals surface area contributed by atoms with Crippen molar-refractivity contribution in [3.8, 4) is 10.4 Å². The molecule has 1 aliphatic rings. The van der Waals surface area contributed by atoms with Crippen LogP contribution in [0.3, 0.4) is 0 Å². The molecule has 1 fully saturated rings. The smallest absolute Gasteiger partial charge is 0.261 e. The summed E-state index contributed by atoms with van der Waals surface area (Å²) in [5.41, 5.74) is 2.69. The van der Waals surface area contributed by atoms with Gasteiger partial charge in [0.25, 0.3) is 5.91 Å². The molecular weight excluding hydrogens is 388 g/mol. The third kappa shape index (κ3) is 6.42. The molecule has 1 atom stereocenters. The van der Waals surface area contributed by atoms with Crippen LogP contribution in [-0.4, -0.2) is 36.5 Å². The van der Waals surface area contributed by atoms with Gasteiger partial charge in [-0.2, -0.15) is 0 Å². The number of carbonyl (C=O) groups is 1. The van der Waals surface area contributed by atoms with Crippen molar-refractivity contribution in [2.75, 3.05) is 19.6 Å². The van der Waals surface area contributed by atoms with E-state index in [9.17, 15) is 4.79 Å². The highest BCUT2D eigenvalue weighted by atomic mass is 32.1. The van der Waals surface area contributed by atoms with E-state index >= 15 is 0 Å². The van der Waals surface area contributed by atoms with Crippen LogP contribution in [-0.2, 0) is 0 Å². The first-order valence-electron chi connectivity index (χ1n) is 11.8. The van der Waals surface area contributed by atoms with Gasteiger partial charge < -0.3 is 10.2 Å². The van der Waals surface area contributed by atoms with Gasteiger partial charge in [0.05, 0.1) is 4.88 Å². The fraction of sp³-hybridized carbons (Fsp3) is 0.577. The van der Waals surface area contributed by atoms with E-state index in [1.54, 1.807) is 11.3 Å². The van der Waals surface area contributed by atoms with E-state index in [4.69, 9.17) is 0 Å². The van der Waals surface area contributed by atoms with Gasteiger partial charge in [-0.05, 0) is 81.4 Å². The van der Waals surface area contributed by atoms with Gasteiger partial charge in [0.15, 0.2) is 0 Å². The van der Waals surface area contributed by atoms with Crippen LogP contribution in [0, 0.1) is 0 Å². The Morgan fingerprint density at radius 1 is 1.07 bits per heavy atom. The van der Waals surface area contributed by atoms with E-state index in [-0.39, 0.29) is 11.9 Å². The van der Waals surface area contributed by atoms with Gasteiger partial charge >= 0.3 is 0 Å². The van der Waals surface area contributed by atoms with Crippen LogP contribution in [0.5, 0.6) is 0 Å². The molecule has 1 aromatic heterocycles. The monoisotopic (exact) mass is 426 g/mol. The molecule has 1 saturated carbocycles. The largest absolute Gasteiger partial charge is 0.349 e. The number of rotatable bonds is 10. The topological polar surface area (TPSA) is 32.3 Å². The lowest BCUT2D eigenvalue weighted by Gasteiger charge is -2.22. The highest BCUT2D eigenvalue weighted by Crippen LogP contribution is 2.34. The Bertz CT molecular complexity index is 773. The molecule has 164 valence electrons. The van der Waals surface area contributed by atoms with Gasteiger partial charge in [0.1, 0.15) is 0 Å². The molecular formula is C26H38N2OS. The van der Waals surface area contributed by atoms with E-state index in [0.717, 1.165) is 43.3 Å². The molecule has 2 aromatic rings. The summed E-state index contributed by atoms with van der Waals surface area (Å²) in [5.74, 6) is 0.793. The first kappa shape index (κ1) is 23.0. The van der Waals surface area contributed by atoms with Gasteiger partial charge in [-0.15, -0.1) is 11.3 Å². The van der Waals surface area contributed by atoms with E-state index in [2.05, 4.69) is 61.3 Å². The van der Waals surface area contributed by atoms with Crippen molar-refractivity contribution in [2.45, 2.75) is 77.7 Å². The van der Waals surface area contributed by atoms with Crippen molar-refractivity contribution in [1.29, 1.82) is 0 Å². The lowest BCUT2D eigenvalue weighted by Crippen LogP contribution is -2.33. The van der Waals surface area contributed by atoms with Crippen LogP contribution >= 0.6 is 11.3 Å². The minimum Gasteiger partial charge on any atom is -0.349 e. The number of carbonyl (C=O) groups excluding carboxylic acids is 1. The maximum atomic E-state index is 12.7. The van der Waals surface area contributed by atoms with Crippen molar-refractivity contribution < 1.29 is 4.79 Å². The standard InChI is InChI=1S/C26H38N2OS/c1-4-28(5-2)19-9-10-20(3)27-26(29)25-18-17-24(30-25)23-15-13-22(14-16-23)21-11-7-6-8-12-21/h13-18,20-21H,4-12,19H2,1-3H3,(H,27,29)/t20-/m0/s1. The summed E-state index contributed by atoms with van der Waals surface area (Å²) >= 11 is 1.59. The summed E-state index contributed by atoms with van der Waals surface area (Å²) in [6, 6.07) is 13.3. The molecule has 3 nitrogen and oxygen atoms in total. The normalized spacial score (nSPS) is 16.0. The van der Waals surface area contributed by atoms with Crippen molar-refractivity contribution in [3.05, 3.63) is 46.8 Å². The molecule has 30 heavy (non-hydrogen) atoms. The van der Waals surface area contributed by atoms with Crippen LogP contribution in [0.15, 0.2) is 36.4 Å². The number of nitrogens with zero attached hydrogens (tertiary/aromatic N) is 1. The number of thiophene rings is 1. The summed E-state index contributed by atoms with van der Waals surface area (Å²) in [6.45, 7) is 9.80. The Labute approximate surface area is 186 Å². The minimum atomic E-state index is 0.0559. The van der Waals surface area contributed by atoms with Crippen LogP contribution < -0.4 is 5.32 Å². The van der Waals surface area contributed by atoms with E-state index in [0.29, 0.717) is 0 Å². The zero-order chi connectivity index (χ0) is 21.3. The van der Waals surface area contributed by atoms with Gasteiger partial charge in [-0.25, -0.2) is 0 Å². The maximum Gasteiger partial charge on any atom is 0.261 e. The molecule has 0 saturated heterocycles. The molecule has 1 heterocycles. The van der Waals surface area contributed by atoms with Crippen LogP contribution in [0.2, 0.25) is 0 Å². The molecule has 0 aliphatic heterocycles. The third-order valence-corrected chi connectivity index (χ3v) is 7.62. The second kappa shape index (κ2) is 11.7. The van der Waals surface area contributed by atoms with E-state index in [1.807, 2.05) is 6.07 Å². The Balaban J connectivity index is 1.51. The Kier molecular flexibility index (Phi) is 8.95. The van der Waals surface area contributed by atoms with Gasteiger partial charge in [-0.3, -0.25) is 4.79 Å². The van der Waals surface area contributed by atoms with E-state index < -0.39 is 0 Å². The molecule has 1 N–H and O–H groups in total. The average molecular weight is 427 g/mol. The highest BCUT2D eigenvalue weighted by molar-refractivity contribution is 7.17. The summed E-state index contributed by atoms with van der Waals surface area (Å²) in [5, 5.41) is 3.18. The highest BCUT2D eigenvalue weighted by Gasteiger charge is 2.16. The Morgan fingerprint density at radius 2 is 1.77 bits per heavy atom. The van der Waals surface area contributed by atoms with Gasteiger partial charge in [-0.1, -0.05) is 57.4 Å². The molecule has 0 bridgehead atoms. The molecule has 1 amide bonds. The number of amides is 1. The molecule has 0 radical (unpaired) electrons. The van der Waals surface area contributed by atoms with Crippen molar-refractivity contribution >= 4 is 17.2 Å². The molecule has 3 rings (SSSR count). The molecule has 0 unspecified atom stereocenters. The minimum absolute atomic E-state index is 0.0559. The lowest BCUT2D eigenvalue weighted by atomic mass is 9.84. The fourth-order valence-electron chi connectivity index (χ4n) is 4.50. The second-order valence-electron chi connectivity index (χ2n) is 8.66. The van der Waals surface area contributed by atoms with Crippen LogP contribution in [0.4, 0.5) is 0 Å². The number of hydrogen-bond donors (Lipinski definition) is 1. The zero-order valence-electron chi connectivity index (χ0n) is 19.0. The summed E-state index contributed by atoms with van der Waals surface area (Å²) in [7, 11) is 0. The van der Waals surface area contributed by atoms with Crippen LogP contribution in [0.25, 0.3) is 10.4 Å². The van der Waals surface area contributed by atoms with E-state index in [1.165, 1.54) is 48.1 Å². The fourth-order valence-corrected chi connectivity index (χ4v) is 5.41. The third-order valence-electron chi connectivity index (χ3n) is 6.48. The summed E-state index contributed by atoms with van der Waals surface area (Å²) < 4.78 is 0. The van der Waals surface area contributed by atoms with Gasteiger partial charge in [0.2, 0.25) is 0 Å². The molecule has 0 spiro atoms. The lowest BCUT2D eigenvalue weighted by molar-refractivity contribution is 0.0941. The Morgan fingerprint density at radius 3 is 2.43 bits per heavy atom. The SMILES string of the molecule is CCN(CC)CCC[C@H](C)NC(=O)c1ccc(-c2ccc(C3CCCCC3)cc2)s1. The van der Waals surface area contributed by atoms with Crippen molar-refractivity contribution in [3.63, 3.8) is 0 Å². The predicted octanol–water partition coefficient (Wildman–Crippen LogP) is 6.70. The van der Waals surface area contributed by atoms with Crippen LogP contribution in [0.1, 0.15) is 86.9 Å². The number of nitrogens with one attached hydrogen (secondary N) is 1. The quantitative estimate of drug-likeness (QED) is 0.458. The molecule has 1 aromatic carbocycles. The predicted molar refractivity (Wildman–Crippen MR) is 130 cm³/mol. The second-order valence-corrected chi connectivity index (χ2v) is 9.75. The van der Waals surface area contributed by atoms with Crippen molar-refractivity contribution in [1.82, 2.24) is 10.2 Å². The number of benzene rings is 1. The first-order chi connectivity index (χ1) is 14.6. The van der Waals surface area contributed by atoms with Crippen molar-refractivity contribution in [2.24, 2.45) is 0 Å². The zero-order valence-corrected chi connectivity index (χ0v) is 19.8. The first-order valence-corrected chi connectivity index (χ1v) is 12.7. The number of hydrogen-bond acceptors (Lipinski definition) is 3. The maximum absolute atomic E-state index is 12.7. The summed E-state index contributed by atoms with van der Waals surface area (Å²) in [6.07, 6.45) is 8.91. The molecule has 4 heteroatoms.